The van der Waals surface area contributed by atoms with Crippen LogP contribution in [0.4, 0.5) is 11.4 Å². The predicted octanol–water partition coefficient (Wildman–Crippen LogP) is 3.60. The second kappa shape index (κ2) is 9.16. The van der Waals surface area contributed by atoms with Gasteiger partial charge in [0.25, 0.3) is 5.91 Å². The van der Waals surface area contributed by atoms with Crippen LogP contribution in [0.5, 0.6) is 0 Å². The van der Waals surface area contributed by atoms with Gasteiger partial charge in [0.1, 0.15) is 6.54 Å². The van der Waals surface area contributed by atoms with E-state index in [-0.39, 0.29) is 18.5 Å². The number of benzene rings is 3. The quantitative estimate of drug-likeness (QED) is 0.677. The molecule has 0 unspecified atom stereocenters. The van der Waals surface area contributed by atoms with E-state index in [1.807, 2.05) is 98.8 Å². The molecule has 0 radical (unpaired) electrons. The summed E-state index contributed by atoms with van der Waals surface area (Å²) < 4.78 is 0. The average Bonchev–Trinajstić information content (AvgIpc) is 2.91. The van der Waals surface area contributed by atoms with Crippen LogP contribution in [-0.4, -0.2) is 36.3 Å². The Morgan fingerprint density at radius 3 is 2.22 bits per heavy atom. The van der Waals surface area contributed by atoms with Crippen LogP contribution in [0.1, 0.15) is 25.0 Å². The molecule has 0 spiro atoms. The number of benzodiazepines with no additional fused rings is 1. The summed E-state index contributed by atoms with van der Waals surface area (Å²) in [6.45, 7) is 3.77. The first-order valence-corrected chi connectivity index (χ1v) is 10.6. The number of hydrogen-bond donors (Lipinski definition) is 1. The van der Waals surface area contributed by atoms with Gasteiger partial charge in [-0.05, 0) is 32.0 Å². The van der Waals surface area contributed by atoms with Crippen LogP contribution < -0.4 is 15.5 Å². The first-order chi connectivity index (χ1) is 15.5. The Bertz CT molecular complexity index is 1140. The molecular formula is C26H26N4O2. The zero-order chi connectivity index (χ0) is 22.7. The zero-order valence-corrected chi connectivity index (χ0v) is 18.2. The Morgan fingerprint density at radius 1 is 0.969 bits per heavy atom. The smallest absolute Gasteiger partial charge is 0.266 e. The van der Waals surface area contributed by atoms with Crippen molar-refractivity contribution in [1.29, 1.82) is 0 Å². The van der Waals surface area contributed by atoms with E-state index in [0.717, 1.165) is 16.8 Å². The summed E-state index contributed by atoms with van der Waals surface area (Å²) in [6.07, 6.45) is -1.10. The van der Waals surface area contributed by atoms with Gasteiger partial charge in [0.2, 0.25) is 5.91 Å². The third-order valence-electron chi connectivity index (χ3n) is 5.40. The number of amides is 2. The summed E-state index contributed by atoms with van der Waals surface area (Å²) in [7, 11) is 0. The number of rotatable bonds is 5. The fourth-order valence-corrected chi connectivity index (χ4v) is 3.97. The molecule has 1 aliphatic rings. The fraction of sp³-hybridized carbons (Fsp3) is 0.192. The Labute approximate surface area is 188 Å². The first kappa shape index (κ1) is 21.5. The van der Waals surface area contributed by atoms with E-state index in [1.165, 1.54) is 4.90 Å². The van der Waals surface area contributed by atoms with Gasteiger partial charge in [-0.2, -0.15) is 0 Å². The molecule has 1 aliphatic heterocycles. The number of nitrogens with zero attached hydrogens (tertiary/aromatic N) is 3. The van der Waals surface area contributed by atoms with Crippen LogP contribution in [0.15, 0.2) is 89.9 Å². The largest absolute Gasteiger partial charge is 0.308 e. The number of para-hydroxylation sites is 2. The number of anilines is 2. The molecule has 0 aromatic heterocycles. The van der Waals surface area contributed by atoms with Crippen molar-refractivity contribution in [3.8, 4) is 0 Å². The van der Waals surface area contributed by atoms with Gasteiger partial charge in [0.05, 0.1) is 11.4 Å². The van der Waals surface area contributed by atoms with Gasteiger partial charge < -0.3 is 10.6 Å². The van der Waals surface area contributed by atoms with Gasteiger partial charge in [-0.15, -0.1) is 0 Å². The monoisotopic (exact) mass is 426 g/mol. The zero-order valence-electron chi connectivity index (χ0n) is 18.2. The van der Waals surface area contributed by atoms with E-state index in [0.29, 0.717) is 11.4 Å². The number of nitrogens with two attached hydrogens (primary N) is 1. The van der Waals surface area contributed by atoms with Crippen molar-refractivity contribution in [2.45, 2.75) is 26.1 Å². The summed E-state index contributed by atoms with van der Waals surface area (Å²) >= 11 is 0. The highest BCUT2D eigenvalue weighted by Crippen LogP contribution is 2.28. The van der Waals surface area contributed by atoms with Gasteiger partial charge in [0.15, 0.2) is 6.17 Å². The standard InChI is InChI=1S/C26H26N4O2/c1-18(2)30(20-13-7-4-8-14-20)23(31)17-29-22-16-10-9-15-21(22)24(28-25(27)26(29)32)19-11-5-3-6-12-19/h3-16,18,25H,17,27H2,1-2H3/t25-/m1/s1. The van der Waals surface area contributed by atoms with E-state index >= 15 is 0 Å². The van der Waals surface area contributed by atoms with Crippen molar-refractivity contribution in [1.82, 2.24) is 0 Å². The van der Waals surface area contributed by atoms with Crippen LogP contribution in [0.2, 0.25) is 0 Å². The second-order valence-corrected chi connectivity index (χ2v) is 7.92. The summed E-state index contributed by atoms with van der Waals surface area (Å²) in [5.74, 6) is -0.599. The maximum absolute atomic E-state index is 13.4. The lowest BCUT2D eigenvalue weighted by Crippen LogP contribution is -2.49. The van der Waals surface area contributed by atoms with Gasteiger partial charge in [-0.3, -0.25) is 19.5 Å². The van der Waals surface area contributed by atoms with Crippen LogP contribution >= 0.6 is 0 Å². The van der Waals surface area contributed by atoms with Crippen molar-refractivity contribution in [3.63, 3.8) is 0 Å². The van der Waals surface area contributed by atoms with E-state index < -0.39 is 12.1 Å². The lowest BCUT2D eigenvalue weighted by atomic mass is 10.0. The lowest BCUT2D eigenvalue weighted by Gasteiger charge is -2.31. The van der Waals surface area contributed by atoms with Crippen molar-refractivity contribution in [3.05, 3.63) is 96.1 Å². The van der Waals surface area contributed by atoms with Crippen molar-refractivity contribution in [2.75, 3.05) is 16.3 Å². The Hall–Kier alpha value is -3.77. The van der Waals surface area contributed by atoms with Gasteiger partial charge in [0, 0.05) is 22.9 Å². The van der Waals surface area contributed by atoms with E-state index in [2.05, 4.69) is 4.99 Å². The maximum Gasteiger partial charge on any atom is 0.266 e. The molecule has 2 amide bonds. The minimum Gasteiger partial charge on any atom is -0.308 e. The molecule has 4 rings (SSSR count). The van der Waals surface area contributed by atoms with E-state index in [9.17, 15) is 9.59 Å². The summed E-state index contributed by atoms with van der Waals surface area (Å²) in [4.78, 5) is 34.4. The van der Waals surface area contributed by atoms with E-state index in [4.69, 9.17) is 5.73 Å². The van der Waals surface area contributed by atoms with E-state index in [1.54, 1.807) is 4.90 Å². The highest BCUT2D eigenvalue weighted by molar-refractivity contribution is 6.20. The van der Waals surface area contributed by atoms with Gasteiger partial charge in [-0.25, -0.2) is 0 Å². The van der Waals surface area contributed by atoms with Crippen LogP contribution in [0.3, 0.4) is 0 Å². The molecule has 1 atom stereocenters. The fourth-order valence-electron chi connectivity index (χ4n) is 3.97. The molecular weight excluding hydrogens is 400 g/mol. The van der Waals surface area contributed by atoms with Crippen molar-refractivity contribution in [2.24, 2.45) is 10.7 Å². The predicted molar refractivity (Wildman–Crippen MR) is 128 cm³/mol. The van der Waals surface area contributed by atoms with Gasteiger partial charge in [-0.1, -0.05) is 66.7 Å². The van der Waals surface area contributed by atoms with Crippen LogP contribution in [0.25, 0.3) is 0 Å². The molecule has 1 heterocycles. The Kier molecular flexibility index (Phi) is 6.14. The Balaban J connectivity index is 1.74. The SMILES string of the molecule is CC(C)N(C(=O)CN1C(=O)[C@H](N)N=C(c2ccccc2)c2ccccc21)c1ccccc1. The topological polar surface area (TPSA) is 79.0 Å². The summed E-state index contributed by atoms with van der Waals surface area (Å²) in [5.41, 5.74) is 9.88. The average molecular weight is 427 g/mol. The molecule has 32 heavy (non-hydrogen) atoms. The molecule has 3 aromatic rings. The van der Waals surface area contributed by atoms with Crippen molar-refractivity contribution >= 4 is 28.9 Å². The highest BCUT2D eigenvalue weighted by Gasteiger charge is 2.32. The minimum absolute atomic E-state index is 0.0768. The molecule has 0 saturated carbocycles. The second-order valence-electron chi connectivity index (χ2n) is 7.92. The number of aliphatic imine (C=N–C) groups is 1. The number of hydrogen-bond acceptors (Lipinski definition) is 4. The molecule has 6 heteroatoms. The molecule has 162 valence electrons. The molecule has 0 aliphatic carbocycles. The summed E-state index contributed by atoms with van der Waals surface area (Å²) in [5, 5.41) is 0. The number of fused-ring (bicyclic) bond motifs is 1. The lowest BCUT2D eigenvalue weighted by molar-refractivity contribution is -0.123. The maximum atomic E-state index is 13.4. The van der Waals surface area contributed by atoms with Crippen LogP contribution in [-0.2, 0) is 9.59 Å². The summed E-state index contributed by atoms with van der Waals surface area (Å²) in [6, 6.07) is 26.5. The third-order valence-corrected chi connectivity index (χ3v) is 5.40. The molecule has 3 aromatic carbocycles. The highest BCUT2D eigenvalue weighted by atomic mass is 16.2. The third kappa shape index (κ3) is 4.18. The molecule has 0 fully saturated rings. The first-order valence-electron chi connectivity index (χ1n) is 10.6. The Morgan fingerprint density at radius 2 is 1.56 bits per heavy atom. The minimum atomic E-state index is -1.10. The molecule has 0 saturated heterocycles. The van der Waals surface area contributed by atoms with Crippen molar-refractivity contribution < 1.29 is 9.59 Å². The number of carbonyl (C=O) groups excluding carboxylic acids is 2. The van der Waals surface area contributed by atoms with Crippen LogP contribution in [0, 0.1) is 0 Å². The normalized spacial score (nSPS) is 15.8. The van der Waals surface area contributed by atoms with Gasteiger partial charge >= 0.3 is 0 Å². The molecule has 2 N–H and O–H groups in total. The number of carbonyl (C=O) groups is 2. The molecule has 0 bridgehead atoms. The molecule has 6 nitrogen and oxygen atoms in total.